The van der Waals surface area contributed by atoms with Gasteiger partial charge < -0.3 is 11.1 Å². The van der Waals surface area contributed by atoms with Crippen molar-refractivity contribution in [2.45, 2.75) is 6.42 Å². The van der Waals surface area contributed by atoms with Crippen molar-refractivity contribution in [1.29, 1.82) is 0 Å². The first kappa shape index (κ1) is 14.9. The molecule has 0 aliphatic carbocycles. The van der Waals surface area contributed by atoms with Crippen LogP contribution >= 0.6 is 27.5 Å². The first-order valence-electron chi connectivity index (χ1n) is 6.14. The SMILES string of the molecule is Nc1cccc(C(=O)NCCc2cccc(Cl)c2)c1Br. The van der Waals surface area contributed by atoms with E-state index in [1.165, 1.54) is 0 Å². The number of nitrogen functional groups attached to an aromatic ring is 1. The van der Waals surface area contributed by atoms with Crippen LogP contribution in [0.2, 0.25) is 5.02 Å². The van der Waals surface area contributed by atoms with Crippen molar-refractivity contribution in [3.8, 4) is 0 Å². The zero-order valence-corrected chi connectivity index (χ0v) is 13.0. The molecule has 0 saturated carbocycles. The molecule has 5 heteroatoms. The molecule has 0 radical (unpaired) electrons. The summed E-state index contributed by atoms with van der Waals surface area (Å²) in [7, 11) is 0. The van der Waals surface area contributed by atoms with Crippen molar-refractivity contribution in [2.24, 2.45) is 0 Å². The number of halogens is 2. The summed E-state index contributed by atoms with van der Waals surface area (Å²) in [6, 6.07) is 12.8. The highest BCUT2D eigenvalue weighted by Gasteiger charge is 2.10. The largest absolute Gasteiger partial charge is 0.398 e. The maximum absolute atomic E-state index is 12.1. The van der Waals surface area contributed by atoms with Gasteiger partial charge in [-0.15, -0.1) is 0 Å². The number of nitrogens with two attached hydrogens (primary N) is 1. The standard InChI is InChI=1S/C15H14BrClN2O/c16-14-12(5-2-6-13(14)18)15(20)19-8-7-10-3-1-4-11(17)9-10/h1-6,9H,7-8,18H2,(H,19,20). The first-order valence-corrected chi connectivity index (χ1v) is 7.31. The van der Waals surface area contributed by atoms with Crippen LogP contribution in [0.5, 0.6) is 0 Å². The second-order valence-corrected chi connectivity index (χ2v) is 5.57. The molecule has 1 amide bonds. The van der Waals surface area contributed by atoms with Gasteiger partial charge in [-0.3, -0.25) is 4.79 Å². The van der Waals surface area contributed by atoms with Gasteiger partial charge in [-0.05, 0) is 52.2 Å². The Kier molecular flexibility index (Phi) is 5.04. The molecule has 0 fully saturated rings. The molecule has 2 aromatic carbocycles. The second-order valence-electron chi connectivity index (χ2n) is 4.34. The third kappa shape index (κ3) is 3.74. The number of carbonyl (C=O) groups excluding carboxylic acids is 1. The minimum Gasteiger partial charge on any atom is -0.398 e. The molecule has 0 atom stereocenters. The fraction of sp³-hybridized carbons (Fsp3) is 0.133. The van der Waals surface area contributed by atoms with Crippen LogP contribution in [0.25, 0.3) is 0 Å². The predicted octanol–water partition coefficient (Wildman–Crippen LogP) is 3.66. The Morgan fingerprint density at radius 1 is 1.25 bits per heavy atom. The summed E-state index contributed by atoms with van der Waals surface area (Å²) < 4.78 is 0.625. The van der Waals surface area contributed by atoms with Crippen LogP contribution in [0, 0.1) is 0 Å². The van der Waals surface area contributed by atoms with Gasteiger partial charge in [-0.1, -0.05) is 29.8 Å². The maximum atomic E-state index is 12.1. The molecule has 20 heavy (non-hydrogen) atoms. The molecule has 0 unspecified atom stereocenters. The van der Waals surface area contributed by atoms with Crippen molar-refractivity contribution < 1.29 is 4.79 Å². The van der Waals surface area contributed by atoms with E-state index in [0.717, 1.165) is 12.0 Å². The third-order valence-corrected chi connectivity index (χ3v) is 3.98. The van der Waals surface area contributed by atoms with Crippen molar-refractivity contribution in [1.82, 2.24) is 5.32 Å². The quantitative estimate of drug-likeness (QED) is 0.824. The molecule has 3 nitrogen and oxygen atoms in total. The van der Waals surface area contributed by atoms with Crippen molar-refractivity contribution >= 4 is 39.1 Å². The Bertz CT molecular complexity index is 631. The van der Waals surface area contributed by atoms with E-state index < -0.39 is 0 Å². The zero-order valence-electron chi connectivity index (χ0n) is 10.7. The molecule has 0 saturated heterocycles. The molecule has 104 valence electrons. The number of carbonyl (C=O) groups is 1. The van der Waals surface area contributed by atoms with Crippen LogP contribution in [0.3, 0.4) is 0 Å². The van der Waals surface area contributed by atoms with Crippen LogP contribution in [-0.2, 0) is 6.42 Å². The molecule has 0 heterocycles. The summed E-state index contributed by atoms with van der Waals surface area (Å²) in [6.45, 7) is 0.542. The lowest BCUT2D eigenvalue weighted by atomic mass is 10.1. The van der Waals surface area contributed by atoms with Crippen LogP contribution in [-0.4, -0.2) is 12.5 Å². The smallest absolute Gasteiger partial charge is 0.252 e. The lowest BCUT2D eigenvalue weighted by molar-refractivity contribution is 0.0953. The average molecular weight is 354 g/mol. The molecule has 0 aliphatic rings. The topological polar surface area (TPSA) is 55.1 Å². The summed E-state index contributed by atoms with van der Waals surface area (Å²) in [5, 5.41) is 3.57. The molecule has 0 bridgehead atoms. The van der Waals surface area contributed by atoms with E-state index in [0.29, 0.717) is 27.3 Å². The molecule has 3 N–H and O–H groups in total. The van der Waals surface area contributed by atoms with Crippen molar-refractivity contribution in [3.63, 3.8) is 0 Å². The number of hydrogen-bond acceptors (Lipinski definition) is 2. The molecular weight excluding hydrogens is 340 g/mol. The highest BCUT2D eigenvalue weighted by Crippen LogP contribution is 2.23. The van der Waals surface area contributed by atoms with Gasteiger partial charge in [0, 0.05) is 17.3 Å². The fourth-order valence-corrected chi connectivity index (χ4v) is 2.49. The van der Waals surface area contributed by atoms with E-state index in [1.807, 2.05) is 24.3 Å². The molecule has 2 aromatic rings. The Morgan fingerprint density at radius 3 is 2.75 bits per heavy atom. The van der Waals surface area contributed by atoms with E-state index in [9.17, 15) is 4.79 Å². The van der Waals surface area contributed by atoms with Crippen LogP contribution in [0.4, 0.5) is 5.69 Å². The monoisotopic (exact) mass is 352 g/mol. The van der Waals surface area contributed by atoms with Gasteiger partial charge in [0.1, 0.15) is 0 Å². The van der Waals surface area contributed by atoms with Crippen LogP contribution < -0.4 is 11.1 Å². The second kappa shape index (κ2) is 6.77. The van der Waals surface area contributed by atoms with E-state index in [1.54, 1.807) is 18.2 Å². The number of amides is 1. The van der Waals surface area contributed by atoms with E-state index in [2.05, 4.69) is 21.2 Å². The lowest BCUT2D eigenvalue weighted by Gasteiger charge is -2.08. The molecular formula is C15H14BrClN2O. The van der Waals surface area contributed by atoms with Gasteiger partial charge in [0.2, 0.25) is 0 Å². The normalized spacial score (nSPS) is 10.3. The Morgan fingerprint density at radius 2 is 2.00 bits per heavy atom. The number of benzene rings is 2. The van der Waals surface area contributed by atoms with E-state index in [-0.39, 0.29) is 5.91 Å². The van der Waals surface area contributed by atoms with Crippen molar-refractivity contribution in [2.75, 3.05) is 12.3 Å². The van der Waals surface area contributed by atoms with Gasteiger partial charge in [-0.25, -0.2) is 0 Å². The number of hydrogen-bond donors (Lipinski definition) is 2. The summed E-state index contributed by atoms with van der Waals surface area (Å²) in [5.74, 6) is -0.147. The highest BCUT2D eigenvalue weighted by molar-refractivity contribution is 9.10. The fourth-order valence-electron chi connectivity index (χ4n) is 1.83. The Hall–Kier alpha value is -1.52. The molecule has 0 aliphatic heterocycles. The zero-order chi connectivity index (χ0) is 14.5. The van der Waals surface area contributed by atoms with Gasteiger partial charge in [0.25, 0.3) is 5.91 Å². The van der Waals surface area contributed by atoms with Gasteiger partial charge in [-0.2, -0.15) is 0 Å². The summed E-state index contributed by atoms with van der Waals surface area (Å²) >= 11 is 9.24. The Balaban J connectivity index is 1.94. The van der Waals surface area contributed by atoms with Gasteiger partial charge in [0.15, 0.2) is 0 Å². The molecule has 0 spiro atoms. The molecule has 2 rings (SSSR count). The average Bonchev–Trinajstić information content (AvgIpc) is 2.42. The van der Waals surface area contributed by atoms with Gasteiger partial charge >= 0.3 is 0 Å². The predicted molar refractivity (Wildman–Crippen MR) is 86.0 cm³/mol. The minimum absolute atomic E-state index is 0.147. The lowest BCUT2D eigenvalue weighted by Crippen LogP contribution is -2.26. The van der Waals surface area contributed by atoms with E-state index >= 15 is 0 Å². The molecule has 0 aromatic heterocycles. The summed E-state index contributed by atoms with van der Waals surface area (Å²) in [5.41, 5.74) is 7.93. The minimum atomic E-state index is -0.147. The van der Waals surface area contributed by atoms with Gasteiger partial charge in [0.05, 0.1) is 10.0 Å². The summed E-state index contributed by atoms with van der Waals surface area (Å²) in [6.07, 6.45) is 0.728. The van der Waals surface area contributed by atoms with Crippen LogP contribution in [0.1, 0.15) is 15.9 Å². The Labute approximate surface area is 131 Å². The third-order valence-electron chi connectivity index (χ3n) is 2.86. The number of anilines is 1. The summed E-state index contributed by atoms with van der Waals surface area (Å²) in [4.78, 5) is 12.1. The highest BCUT2D eigenvalue weighted by atomic mass is 79.9. The first-order chi connectivity index (χ1) is 9.58. The maximum Gasteiger partial charge on any atom is 0.252 e. The van der Waals surface area contributed by atoms with Crippen LogP contribution in [0.15, 0.2) is 46.9 Å². The number of rotatable bonds is 4. The number of nitrogens with one attached hydrogen (secondary N) is 1. The van der Waals surface area contributed by atoms with Crippen molar-refractivity contribution in [3.05, 3.63) is 63.1 Å². The van der Waals surface area contributed by atoms with E-state index in [4.69, 9.17) is 17.3 Å².